The summed E-state index contributed by atoms with van der Waals surface area (Å²) in [5.74, 6) is 0.966. The van der Waals surface area contributed by atoms with Crippen LogP contribution in [0.1, 0.15) is 23.4 Å². The van der Waals surface area contributed by atoms with Crippen molar-refractivity contribution in [2.24, 2.45) is 0 Å². The first-order valence-electron chi connectivity index (χ1n) is 5.86. The molecule has 0 aliphatic carbocycles. The van der Waals surface area contributed by atoms with Crippen molar-refractivity contribution in [3.8, 4) is 0 Å². The predicted molar refractivity (Wildman–Crippen MR) is 73.1 cm³/mol. The third kappa shape index (κ3) is 4.66. The van der Waals surface area contributed by atoms with Crippen LogP contribution in [0, 0.1) is 13.8 Å². The highest BCUT2D eigenvalue weighted by Crippen LogP contribution is 2.14. The fraction of sp³-hybridized carbons (Fsp3) is 0.667. The normalized spacial score (nSPS) is 10.0. The molecule has 1 rings (SSSR count). The molecule has 1 amide bonds. The SMILES string of the molecule is CNCCN(C)C(=O)CCc1c(C)noc1C.Cl. The lowest BCUT2D eigenvalue weighted by Gasteiger charge is -2.16. The second-order valence-corrected chi connectivity index (χ2v) is 4.22. The number of hydrogen-bond donors (Lipinski definition) is 1. The van der Waals surface area contributed by atoms with Crippen molar-refractivity contribution in [1.29, 1.82) is 0 Å². The van der Waals surface area contributed by atoms with Crippen LogP contribution < -0.4 is 5.32 Å². The minimum Gasteiger partial charge on any atom is -0.361 e. The molecule has 0 radical (unpaired) electrons. The van der Waals surface area contributed by atoms with E-state index in [0.29, 0.717) is 12.8 Å². The average molecular weight is 276 g/mol. The van der Waals surface area contributed by atoms with Gasteiger partial charge >= 0.3 is 0 Å². The summed E-state index contributed by atoms with van der Waals surface area (Å²) in [6.45, 7) is 5.33. The van der Waals surface area contributed by atoms with E-state index in [9.17, 15) is 4.79 Å². The number of amides is 1. The van der Waals surface area contributed by atoms with Gasteiger partial charge in [0.15, 0.2) is 0 Å². The minimum atomic E-state index is 0. The van der Waals surface area contributed by atoms with E-state index in [4.69, 9.17) is 4.52 Å². The van der Waals surface area contributed by atoms with Crippen molar-refractivity contribution in [2.75, 3.05) is 27.2 Å². The van der Waals surface area contributed by atoms with E-state index in [1.165, 1.54) is 0 Å². The van der Waals surface area contributed by atoms with E-state index in [-0.39, 0.29) is 18.3 Å². The molecule has 1 aromatic heterocycles. The first-order chi connectivity index (χ1) is 8.06. The van der Waals surface area contributed by atoms with Gasteiger partial charge in [-0.1, -0.05) is 5.16 Å². The van der Waals surface area contributed by atoms with Gasteiger partial charge in [0.05, 0.1) is 5.69 Å². The third-order valence-electron chi connectivity index (χ3n) is 2.89. The number of aromatic nitrogens is 1. The quantitative estimate of drug-likeness (QED) is 0.851. The number of rotatable bonds is 6. The highest BCUT2D eigenvalue weighted by Gasteiger charge is 2.13. The smallest absolute Gasteiger partial charge is 0.222 e. The Morgan fingerprint density at radius 1 is 1.44 bits per heavy atom. The van der Waals surface area contributed by atoms with Gasteiger partial charge in [-0.05, 0) is 27.3 Å². The standard InChI is InChI=1S/C12H21N3O2.ClH/c1-9-11(10(2)17-14-9)5-6-12(16)15(4)8-7-13-3;/h13H,5-8H2,1-4H3;1H. The second-order valence-electron chi connectivity index (χ2n) is 4.22. The Morgan fingerprint density at radius 3 is 2.61 bits per heavy atom. The van der Waals surface area contributed by atoms with E-state index >= 15 is 0 Å². The molecule has 0 atom stereocenters. The fourth-order valence-electron chi connectivity index (χ4n) is 1.69. The van der Waals surface area contributed by atoms with E-state index in [1.54, 1.807) is 4.90 Å². The van der Waals surface area contributed by atoms with Gasteiger partial charge in [-0.25, -0.2) is 0 Å². The predicted octanol–water partition coefficient (Wildman–Crippen LogP) is 1.32. The summed E-state index contributed by atoms with van der Waals surface area (Å²) in [6, 6.07) is 0. The molecular weight excluding hydrogens is 254 g/mol. The average Bonchev–Trinajstić information content (AvgIpc) is 2.63. The van der Waals surface area contributed by atoms with Crippen LogP contribution in [-0.2, 0) is 11.2 Å². The molecule has 0 saturated carbocycles. The maximum atomic E-state index is 11.8. The van der Waals surface area contributed by atoms with Crippen molar-refractivity contribution >= 4 is 18.3 Å². The molecule has 1 heterocycles. The molecule has 1 N–H and O–H groups in total. The van der Waals surface area contributed by atoms with Crippen molar-refractivity contribution < 1.29 is 9.32 Å². The molecule has 0 fully saturated rings. The van der Waals surface area contributed by atoms with E-state index in [2.05, 4.69) is 10.5 Å². The van der Waals surface area contributed by atoms with Gasteiger partial charge < -0.3 is 14.7 Å². The molecule has 6 heteroatoms. The van der Waals surface area contributed by atoms with Gasteiger partial charge in [0, 0.05) is 32.1 Å². The third-order valence-corrected chi connectivity index (χ3v) is 2.89. The summed E-state index contributed by atoms with van der Waals surface area (Å²) < 4.78 is 5.07. The number of carbonyl (C=O) groups is 1. The Hall–Kier alpha value is -1.07. The monoisotopic (exact) mass is 275 g/mol. The summed E-state index contributed by atoms with van der Waals surface area (Å²) in [6.07, 6.45) is 1.20. The number of likely N-dealkylation sites (N-methyl/N-ethyl adjacent to an activating group) is 2. The molecule has 0 spiro atoms. The van der Waals surface area contributed by atoms with Crippen LogP contribution in [0.2, 0.25) is 0 Å². The molecule has 0 aromatic carbocycles. The molecule has 0 bridgehead atoms. The summed E-state index contributed by atoms with van der Waals surface area (Å²) in [5.41, 5.74) is 1.94. The Labute approximate surface area is 114 Å². The number of nitrogens with zero attached hydrogens (tertiary/aromatic N) is 2. The van der Waals surface area contributed by atoms with Crippen LogP contribution in [0.5, 0.6) is 0 Å². The Morgan fingerprint density at radius 2 is 2.11 bits per heavy atom. The number of carbonyl (C=O) groups excluding carboxylic acids is 1. The van der Waals surface area contributed by atoms with Crippen LogP contribution in [0.15, 0.2) is 4.52 Å². The molecule has 0 unspecified atom stereocenters. The lowest BCUT2D eigenvalue weighted by molar-refractivity contribution is -0.129. The highest BCUT2D eigenvalue weighted by atomic mass is 35.5. The van der Waals surface area contributed by atoms with E-state index in [1.807, 2.05) is 27.9 Å². The van der Waals surface area contributed by atoms with Crippen LogP contribution in [0.3, 0.4) is 0 Å². The van der Waals surface area contributed by atoms with Gasteiger partial charge in [-0.2, -0.15) is 0 Å². The lowest BCUT2D eigenvalue weighted by Crippen LogP contribution is -2.32. The Bertz CT molecular complexity index is 360. The Balaban J connectivity index is 0.00000289. The maximum Gasteiger partial charge on any atom is 0.222 e. The second kappa shape index (κ2) is 8.11. The minimum absolute atomic E-state index is 0. The van der Waals surface area contributed by atoms with Crippen molar-refractivity contribution in [3.63, 3.8) is 0 Å². The van der Waals surface area contributed by atoms with E-state index < -0.39 is 0 Å². The molecule has 1 aromatic rings. The zero-order valence-electron chi connectivity index (χ0n) is 11.4. The molecule has 104 valence electrons. The Kier molecular flexibility index (Phi) is 7.62. The van der Waals surface area contributed by atoms with Crippen LogP contribution >= 0.6 is 12.4 Å². The molecule has 0 aliphatic heterocycles. The first kappa shape index (κ1) is 16.9. The van der Waals surface area contributed by atoms with Gasteiger partial charge in [-0.3, -0.25) is 4.79 Å². The molecule has 5 nitrogen and oxygen atoms in total. The summed E-state index contributed by atoms with van der Waals surface area (Å²) in [5, 5.41) is 6.90. The van der Waals surface area contributed by atoms with Gasteiger partial charge in [0.2, 0.25) is 5.91 Å². The first-order valence-corrected chi connectivity index (χ1v) is 5.86. The number of hydrogen-bond acceptors (Lipinski definition) is 4. The zero-order chi connectivity index (χ0) is 12.8. The lowest BCUT2D eigenvalue weighted by atomic mass is 10.1. The summed E-state index contributed by atoms with van der Waals surface area (Å²) in [4.78, 5) is 13.6. The molecule has 18 heavy (non-hydrogen) atoms. The van der Waals surface area contributed by atoms with Gasteiger partial charge in [-0.15, -0.1) is 12.4 Å². The topological polar surface area (TPSA) is 58.4 Å². The van der Waals surface area contributed by atoms with Crippen molar-refractivity contribution in [1.82, 2.24) is 15.4 Å². The van der Waals surface area contributed by atoms with Crippen LogP contribution in [0.4, 0.5) is 0 Å². The van der Waals surface area contributed by atoms with Gasteiger partial charge in [0.1, 0.15) is 5.76 Å². The largest absolute Gasteiger partial charge is 0.361 e. The maximum absolute atomic E-state index is 11.8. The summed E-state index contributed by atoms with van der Waals surface area (Å²) >= 11 is 0. The number of nitrogens with one attached hydrogen (secondary N) is 1. The summed E-state index contributed by atoms with van der Waals surface area (Å²) in [7, 11) is 3.70. The van der Waals surface area contributed by atoms with Crippen LogP contribution in [0.25, 0.3) is 0 Å². The molecule has 0 aliphatic rings. The van der Waals surface area contributed by atoms with Crippen LogP contribution in [-0.4, -0.2) is 43.1 Å². The molecular formula is C12H22ClN3O2. The van der Waals surface area contributed by atoms with Gasteiger partial charge in [0.25, 0.3) is 0 Å². The number of halogens is 1. The fourth-order valence-corrected chi connectivity index (χ4v) is 1.69. The molecule has 0 saturated heterocycles. The van der Waals surface area contributed by atoms with Crippen molar-refractivity contribution in [3.05, 3.63) is 17.0 Å². The number of aryl methyl sites for hydroxylation is 2. The highest BCUT2D eigenvalue weighted by molar-refractivity contribution is 5.85. The zero-order valence-corrected chi connectivity index (χ0v) is 12.3. The van der Waals surface area contributed by atoms with Crippen molar-refractivity contribution in [2.45, 2.75) is 26.7 Å². The van der Waals surface area contributed by atoms with E-state index in [0.717, 1.165) is 30.1 Å².